The van der Waals surface area contributed by atoms with Gasteiger partial charge in [0, 0.05) is 5.02 Å². The Labute approximate surface area is 164 Å². The molecule has 0 bridgehead atoms. The number of hydrogen-bond donors (Lipinski definition) is 0. The molecule has 1 atom stereocenters. The van der Waals surface area contributed by atoms with E-state index in [0.717, 1.165) is 22.0 Å². The number of hydrogen-bond acceptors (Lipinski definition) is 1. The topological polar surface area (TPSA) is 18.0 Å². The molecule has 3 rings (SSSR count). The Morgan fingerprint density at radius 3 is 2.33 bits per heavy atom. The van der Waals surface area contributed by atoms with Crippen LogP contribution in [0.3, 0.4) is 0 Å². The molecule has 126 valence electrons. The molecule has 24 heavy (non-hydrogen) atoms. The standard InChI is InChI=1S/C19H20ClN2O.HI/c1-21-12-13-22(2)19(21)18(16-6-4-3-5-7-16)23-14-15-8-10-17(20)11-9-15;/h3-13,18H,14H2,1-2H3;1H/q+1;/p-1. The number of benzene rings is 2. The maximum atomic E-state index is 6.28. The van der Waals surface area contributed by atoms with Crippen molar-refractivity contribution in [2.45, 2.75) is 12.7 Å². The van der Waals surface area contributed by atoms with Crippen LogP contribution in [0.5, 0.6) is 0 Å². The van der Waals surface area contributed by atoms with Crippen molar-refractivity contribution in [3.05, 3.63) is 89.0 Å². The van der Waals surface area contributed by atoms with Crippen LogP contribution in [0.1, 0.15) is 23.1 Å². The normalized spacial score (nSPS) is 11.8. The predicted octanol–water partition coefficient (Wildman–Crippen LogP) is 0.813. The summed E-state index contributed by atoms with van der Waals surface area (Å²) in [7, 11) is 4.08. The lowest BCUT2D eigenvalue weighted by molar-refractivity contribution is -0.682. The van der Waals surface area contributed by atoms with Crippen LogP contribution in [0.25, 0.3) is 0 Å². The van der Waals surface area contributed by atoms with E-state index in [0.29, 0.717) is 6.61 Å². The fraction of sp³-hybridized carbons (Fsp3) is 0.211. The third-order valence-corrected chi connectivity index (χ3v) is 4.16. The van der Waals surface area contributed by atoms with Gasteiger partial charge in [-0.3, -0.25) is 0 Å². The van der Waals surface area contributed by atoms with Gasteiger partial charge in [-0.2, -0.15) is 0 Å². The van der Waals surface area contributed by atoms with Crippen molar-refractivity contribution in [1.29, 1.82) is 0 Å². The van der Waals surface area contributed by atoms with Crippen LogP contribution in [0.4, 0.5) is 0 Å². The van der Waals surface area contributed by atoms with Gasteiger partial charge in [0.2, 0.25) is 0 Å². The third kappa shape index (κ3) is 4.37. The van der Waals surface area contributed by atoms with E-state index >= 15 is 0 Å². The van der Waals surface area contributed by atoms with Crippen molar-refractivity contribution in [2.24, 2.45) is 14.1 Å². The second-order valence-electron chi connectivity index (χ2n) is 5.61. The monoisotopic (exact) mass is 454 g/mol. The van der Waals surface area contributed by atoms with Gasteiger partial charge in [0.25, 0.3) is 5.82 Å². The molecule has 0 fully saturated rings. The van der Waals surface area contributed by atoms with Crippen LogP contribution in [0, 0.1) is 0 Å². The Balaban J connectivity index is 0.00000208. The van der Waals surface area contributed by atoms with Gasteiger partial charge in [-0.15, -0.1) is 0 Å². The molecule has 0 saturated heterocycles. The average Bonchev–Trinajstić information content (AvgIpc) is 2.90. The molecule has 0 saturated carbocycles. The van der Waals surface area contributed by atoms with Crippen molar-refractivity contribution in [1.82, 2.24) is 4.57 Å². The van der Waals surface area contributed by atoms with Crippen molar-refractivity contribution in [3.8, 4) is 0 Å². The first-order valence-corrected chi connectivity index (χ1v) is 7.95. The number of nitrogens with zero attached hydrogens (tertiary/aromatic N) is 2. The van der Waals surface area contributed by atoms with Crippen LogP contribution >= 0.6 is 11.6 Å². The van der Waals surface area contributed by atoms with E-state index in [2.05, 4.69) is 21.3 Å². The molecule has 0 aliphatic carbocycles. The van der Waals surface area contributed by atoms with Gasteiger partial charge in [0.05, 0.1) is 20.7 Å². The van der Waals surface area contributed by atoms with E-state index in [1.165, 1.54) is 0 Å². The third-order valence-electron chi connectivity index (χ3n) is 3.90. The van der Waals surface area contributed by atoms with Crippen LogP contribution in [-0.2, 0) is 25.4 Å². The lowest BCUT2D eigenvalue weighted by Crippen LogP contribution is -3.00. The minimum absolute atomic E-state index is 0. The minimum atomic E-state index is -0.128. The zero-order valence-electron chi connectivity index (χ0n) is 13.7. The molecule has 2 aromatic carbocycles. The second-order valence-corrected chi connectivity index (χ2v) is 6.04. The second kappa shape index (κ2) is 8.65. The van der Waals surface area contributed by atoms with E-state index in [1.807, 2.05) is 69.0 Å². The summed E-state index contributed by atoms with van der Waals surface area (Å²) in [5, 5.41) is 0.738. The van der Waals surface area contributed by atoms with Gasteiger partial charge in [0.1, 0.15) is 12.4 Å². The van der Waals surface area contributed by atoms with E-state index < -0.39 is 0 Å². The highest BCUT2D eigenvalue weighted by molar-refractivity contribution is 6.30. The maximum Gasteiger partial charge on any atom is 0.290 e. The molecule has 0 spiro atoms. The van der Waals surface area contributed by atoms with Crippen molar-refractivity contribution in [3.63, 3.8) is 0 Å². The average molecular weight is 455 g/mol. The fourth-order valence-corrected chi connectivity index (χ4v) is 2.81. The summed E-state index contributed by atoms with van der Waals surface area (Å²) in [6.45, 7) is 0.530. The van der Waals surface area contributed by atoms with Crippen molar-refractivity contribution in [2.75, 3.05) is 0 Å². The minimum Gasteiger partial charge on any atom is -1.00 e. The number of halogens is 2. The molecule has 5 heteroatoms. The van der Waals surface area contributed by atoms with Crippen molar-refractivity contribution < 1.29 is 33.3 Å². The lowest BCUT2D eigenvalue weighted by Gasteiger charge is -2.16. The summed E-state index contributed by atoms with van der Waals surface area (Å²) < 4.78 is 10.5. The highest BCUT2D eigenvalue weighted by Gasteiger charge is 2.26. The Morgan fingerprint density at radius 2 is 1.75 bits per heavy atom. The number of rotatable bonds is 5. The molecule has 0 aliphatic rings. The first kappa shape index (κ1) is 19.0. The zero-order chi connectivity index (χ0) is 16.2. The van der Waals surface area contributed by atoms with Crippen LogP contribution in [0.15, 0.2) is 67.0 Å². The Hall–Kier alpha value is -1.37. The summed E-state index contributed by atoms with van der Waals surface area (Å²) in [6, 6.07) is 18.1. The Bertz CT molecular complexity index is 752. The molecule has 1 aromatic heterocycles. The number of aromatic nitrogens is 2. The predicted molar refractivity (Wildman–Crippen MR) is 91.1 cm³/mol. The number of imidazole rings is 1. The van der Waals surface area contributed by atoms with E-state index in [9.17, 15) is 0 Å². The molecule has 1 heterocycles. The van der Waals surface area contributed by atoms with E-state index in [-0.39, 0.29) is 30.1 Å². The molecular weight excluding hydrogens is 435 g/mol. The fourth-order valence-electron chi connectivity index (χ4n) is 2.68. The molecule has 0 N–H and O–H groups in total. The van der Waals surface area contributed by atoms with Crippen LogP contribution in [-0.4, -0.2) is 4.57 Å². The van der Waals surface area contributed by atoms with Crippen LogP contribution in [0.2, 0.25) is 5.02 Å². The van der Waals surface area contributed by atoms with Gasteiger partial charge in [0.15, 0.2) is 6.10 Å². The molecule has 0 radical (unpaired) electrons. The molecule has 3 aromatic rings. The summed E-state index contributed by atoms with van der Waals surface area (Å²) in [4.78, 5) is 0. The summed E-state index contributed by atoms with van der Waals surface area (Å²) >= 11 is 5.95. The zero-order valence-corrected chi connectivity index (χ0v) is 16.6. The first-order valence-electron chi connectivity index (χ1n) is 7.57. The SMILES string of the molecule is Cn1cc[n+](C)c1C(OCc1ccc(Cl)cc1)c1ccccc1.[I-]. The van der Waals surface area contributed by atoms with Crippen LogP contribution < -0.4 is 28.5 Å². The molecule has 3 nitrogen and oxygen atoms in total. The Kier molecular flexibility index (Phi) is 6.83. The van der Waals surface area contributed by atoms with Gasteiger partial charge in [-0.05, 0) is 23.3 Å². The highest BCUT2D eigenvalue weighted by atomic mass is 127. The number of ether oxygens (including phenoxy) is 1. The summed E-state index contributed by atoms with van der Waals surface area (Å²) in [5.74, 6) is 1.10. The molecule has 1 unspecified atom stereocenters. The maximum absolute atomic E-state index is 6.28. The first-order chi connectivity index (χ1) is 11.1. The Morgan fingerprint density at radius 1 is 1.08 bits per heavy atom. The molecular formula is C19H20ClIN2O. The molecule has 0 amide bonds. The van der Waals surface area contributed by atoms with E-state index in [4.69, 9.17) is 16.3 Å². The summed E-state index contributed by atoms with van der Waals surface area (Å²) in [5.41, 5.74) is 2.24. The van der Waals surface area contributed by atoms with Gasteiger partial charge in [-0.1, -0.05) is 54.1 Å². The molecule has 0 aliphatic heterocycles. The van der Waals surface area contributed by atoms with Gasteiger partial charge < -0.3 is 28.7 Å². The lowest BCUT2D eigenvalue weighted by atomic mass is 10.1. The van der Waals surface area contributed by atoms with Crippen molar-refractivity contribution >= 4 is 11.6 Å². The summed E-state index contributed by atoms with van der Waals surface area (Å²) in [6.07, 6.45) is 3.95. The van der Waals surface area contributed by atoms with Gasteiger partial charge in [-0.25, -0.2) is 9.13 Å². The smallest absolute Gasteiger partial charge is 0.290 e. The largest absolute Gasteiger partial charge is 1.00 e. The highest BCUT2D eigenvalue weighted by Crippen LogP contribution is 2.25. The quantitative estimate of drug-likeness (QED) is 0.412. The number of aryl methyl sites for hydroxylation is 2. The van der Waals surface area contributed by atoms with Gasteiger partial charge >= 0.3 is 0 Å². The van der Waals surface area contributed by atoms with E-state index in [1.54, 1.807) is 0 Å².